The molecule has 0 saturated carbocycles. The van der Waals surface area contributed by atoms with Crippen molar-refractivity contribution in [2.75, 3.05) is 30.8 Å². The molecule has 0 radical (unpaired) electrons. The number of ether oxygens (including phenoxy) is 1. The third kappa shape index (κ3) is 9.41. The van der Waals surface area contributed by atoms with Gasteiger partial charge in [0.05, 0.1) is 30.2 Å². The van der Waals surface area contributed by atoms with Gasteiger partial charge in [-0.05, 0) is 45.5 Å². The van der Waals surface area contributed by atoms with Gasteiger partial charge in [0.1, 0.15) is 0 Å². The molecule has 0 unspecified atom stereocenters. The van der Waals surface area contributed by atoms with Crippen molar-refractivity contribution in [1.82, 2.24) is 19.3 Å². The second kappa shape index (κ2) is 13.6. The van der Waals surface area contributed by atoms with E-state index in [4.69, 9.17) is 4.74 Å². The minimum absolute atomic E-state index is 0.0312. The van der Waals surface area contributed by atoms with Crippen LogP contribution in [-0.2, 0) is 9.53 Å². The maximum Gasteiger partial charge on any atom is 0.411 e. The van der Waals surface area contributed by atoms with Crippen molar-refractivity contribution in [2.45, 2.75) is 59.5 Å². The maximum atomic E-state index is 12.2. The molecule has 37 heavy (non-hydrogen) atoms. The van der Waals surface area contributed by atoms with Crippen molar-refractivity contribution >= 4 is 29.7 Å². The fraction of sp³-hybridized carbons (Fsp3) is 0.462. The number of nitrogens with one attached hydrogen (secondary N) is 2. The summed E-state index contributed by atoms with van der Waals surface area (Å²) in [6, 6.07) is 5.59. The predicted octanol–water partition coefficient (Wildman–Crippen LogP) is 5.60. The number of likely N-dealkylation sites (tertiary alicyclic amines) is 1. The van der Waals surface area contributed by atoms with Gasteiger partial charge in [0, 0.05) is 36.6 Å². The van der Waals surface area contributed by atoms with Gasteiger partial charge in [-0.2, -0.15) is 0 Å². The number of aryl methyl sites for hydroxylation is 1. The Morgan fingerprint density at radius 3 is 2.49 bits per heavy atom. The number of amides is 2. The van der Waals surface area contributed by atoms with Gasteiger partial charge in [0.2, 0.25) is 12.2 Å². The van der Waals surface area contributed by atoms with E-state index < -0.39 is 12.0 Å². The Kier molecular flexibility index (Phi) is 10.9. The standard InChI is InChI=1S/C18H19N5O3.C5H9F2N.C3H8/c1-11(2)26-18(25)21-14-7-19-17-22-16(9-23(17)8-14)15-6-13(20-10-24)5-4-12(15)3;1-8-3-2-5(6,7)4-8;1-3-2/h4-11H,1-3H3,(H,20,24)(H,21,25);2-4H2,1H3;3H2,1-2H3. The minimum atomic E-state index is -2.41. The normalized spacial score (nSPS) is 14.3. The van der Waals surface area contributed by atoms with Crippen LogP contribution in [0, 0.1) is 6.92 Å². The summed E-state index contributed by atoms with van der Waals surface area (Å²) in [4.78, 5) is 32.8. The summed E-state index contributed by atoms with van der Waals surface area (Å²) in [5, 5.41) is 5.26. The SMILES string of the molecule is CCC.CN1CCC(F)(F)C1.Cc1ccc(NC=O)cc1-c1cn2cc(NC(=O)OC(C)C)cnc2n1. The number of imidazole rings is 1. The lowest BCUT2D eigenvalue weighted by Crippen LogP contribution is -2.21. The highest BCUT2D eigenvalue weighted by atomic mass is 19.3. The molecule has 1 saturated heterocycles. The first-order chi connectivity index (χ1) is 17.5. The fourth-order valence-corrected chi connectivity index (χ4v) is 3.40. The minimum Gasteiger partial charge on any atom is -0.447 e. The summed E-state index contributed by atoms with van der Waals surface area (Å²) >= 11 is 0. The number of carbonyl (C=O) groups excluding carboxylic acids is 2. The number of carbonyl (C=O) groups is 2. The van der Waals surface area contributed by atoms with E-state index in [1.807, 2.05) is 31.3 Å². The summed E-state index contributed by atoms with van der Waals surface area (Å²) in [5.41, 5.74) is 3.80. The molecule has 1 aliphatic heterocycles. The zero-order chi connectivity index (χ0) is 27.6. The molecule has 1 aromatic carbocycles. The van der Waals surface area contributed by atoms with E-state index in [-0.39, 0.29) is 19.1 Å². The van der Waals surface area contributed by atoms with Gasteiger partial charge < -0.3 is 15.0 Å². The number of aromatic nitrogens is 3. The Hall–Kier alpha value is -3.60. The third-order valence-corrected chi connectivity index (χ3v) is 5.00. The summed E-state index contributed by atoms with van der Waals surface area (Å²) < 4.78 is 31.1. The Balaban J connectivity index is 0.000000365. The van der Waals surface area contributed by atoms with Crippen LogP contribution in [0.15, 0.2) is 36.8 Å². The van der Waals surface area contributed by atoms with Gasteiger partial charge in [0.25, 0.3) is 5.92 Å². The quantitative estimate of drug-likeness (QED) is 0.426. The Labute approximate surface area is 216 Å². The smallest absolute Gasteiger partial charge is 0.411 e. The van der Waals surface area contributed by atoms with Gasteiger partial charge in [-0.1, -0.05) is 26.3 Å². The second-order valence-corrected chi connectivity index (χ2v) is 9.10. The maximum absolute atomic E-state index is 12.2. The topological polar surface area (TPSA) is 101 Å². The average Bonchev–Trinajstić information content (AvgIpc) is 3.36. The van der Waals surface area contributed by atoms with E-state index in [0.29, 0.717) is 35.8 Å². The number of nitrogens with zero attached hydrogens (tertiary/aromatic N) is 4. The highest BCUT2D eigenvalue weighted by Crippen LogP contribution is 2.26. The number of fused-ring (bicyclic) bond motifs is 1. The third-order valence-electron chi connectivity index (χ3n) is 5.00. The van der Waals surface area contributed by atoms with Gasteiger partial charge in [-0.25, -0.2) is 23.5 Å². The molecule has 3 aromatic rings. The molecule has 0 aliphatic carbocycles. The van der Waals surface area contributed by atoms with E-state index in [1.165, 1.54) is 12.6 Å². The number of hydrogen-bond acceptors (Lipinski definition) is 6. The second-order valence-electron chi connectivity index (χ2n) is 9.10. The van der Waals surface area contributed by atoms with Crippen molar-refractivity contribution in [1.29, 1.82) is 0 Å². The molecule has 11 heteroatoms. The Morgan fingerprint density at radius 2 is 1.95 bits per heavy atom. The van der Waals surface area contributed by atoms with E-state index in [1.54, 1.807) is 36.4 Å². The highest BCUT2D eigenvalue weighted by molar-refractivity contribution is 5.84. The van der Waals surface area contributed by atoms with Crippen LogP contribution in [-0.4, -0.2) is 63.9 Å². The number of rotatable bonds is 5. The molecule has 1 aliphatic rings. The number of benzene rings is 1. The zero-order valence-electron chi connectivity index (χ0n) is 22.2. The molecule has 0 atom stereocenters. The van der Waals surface area contributed by atoms with Crippen LogP contribution < -0.4 is 10.6 Å². The molecule has 9 nitrogen and oxygen atoms in total. The number of halogens is 2. The first kappa shape index (κ1) is 29.6. The molecule has 0 bridgehead atoms. The van der Waals surface area contributed by atoms with Crippen LogP contribution in [0.1, 0.15) is 46.1 Å². The molecular formula is C26H36F2N6O3. The summed E-state index contributed by atoms with van der Waals surface area (Å²) in [6.45, 7) is 10.2. The average molecular weight is 519 g/mol. The van der Waals surface area contributed by atoms with Crippen LogP contribution in [0.3, 0.4) is 0 Å². The molecule has 3 heterocycles. The lowest BCUT2D eigenvalue weighted by atomic mass is 10.1. The van der Waals surface area contributed by atoms with E-state index in [0.717, 1.165) is 11.1 Å². The van der Waals surface area contributed by atoms with E-state index in [2.05, 4.69) is 34.4 Å². The highest BCUT2D eigenvalue weighted by Gasteiger charge is 2.36. The Morgan fingerprint density at radius 1 is 1.24 bits per heavy atom. The number of alkyl halides is 2. The van der Waals surface area contributed by atoms with E-state index >= 15 is 0 Å². The van der Waals surface area contributed by atoms with Crippen LogP contribution in [0.2, 0.25) is 0 Å². The molecule has 1 fully saturated rings. The monoisotopic (exact) mass is 518 g/mol. The van der Waals surface area contributed by atoms with Crippen LogP contribution in [0.4, 0.5) is 25.0 Å². The van der Waals surface area contributed by atoms with Crippen molar-refractivity contribution < 1.29 is 23.1 Å². The molecule has 2 N–H and O–H groups in total. The summed E-state index contributed by atoms with van der Waals surface area (Å²) in [5.74, 6) is -1.91. The van der Waals surface area contributed by atoms with Crippen LogP contribution in [0.5, 0.6) is 0 Å². The lowest BCUT2D eigenvalue weighted by Gasteiger charge is -2.09. The first-order valence-corrected chi connectivity index (χ1v) is 12.2. The molecule has 0 spiro atoms. The summed E-state index contributed by atoms with van der Waals surface area (Å²) in [7, 11) is 1.71. The lowest BCUT2D eigenvalue weighted by molar-refractivity contribution is -0.105. The van der Waals surface area contributed by atoms with Gasteiger partial charge in [-0.15, -0.1) is 0 Å². The molecule has 202 valence electrons. The number of hydrogen-bond donors (Lipinski definition) is 2. The fourth-order valence-electron chi connectivity index (χ4n) is 3.40. The van der Waals surface area contributed by atoms with E-state index in [9.17, 15) is 18.4 Å². The zero-order valence-corrected chi connectivity index (χ0v) is 22.2. The number of anilines is 2. The largest absolute Gasteiger partial charge is 0.447 e. The van der Waals surface area contributed by atoms with Crippen LogP contribution >= 0.6 is 0 Å². The van der Waals surface area contributed by atoms with Crippen LogP contribution in [0.25, 0.3) is 17.0 Å². The molecular weight excluding hydrogens is 482 g/mol. The van der Waals surface area contributed by atoms with Crippen molar-refractivity contribution in [3.63, 3.8) is 0 Å². The van der Waals surface area contributed by atoms with Gasteiger partial charge in [-0.3, -0.25) is 14.5 Å². The summed E-state index contributed by atoms with van der Waals surface area (Å²) in [6.07, 6.45) is 6.21. The molecule has 4 rings (SSSR count). The molecule has 2 aromatic heterocycles. The molecule has 2 amide bonds. The predicted molar refractivity (Wildman–Crippen MR) is 141 cm³/mol. The Bertz CT molecular complexity index is 1180. The van der Waals surface area contributed by atoms with Crippen molar-refractivity contribution in [2.24, 2.45) is 0 Å². The van der Waals surface area contributed by atoms with Gasteiger partial charge in [0.15, 0.2) is 0 Å². The van der Waals surface area contributed by atoms with Crippen molar-refractivity contribution in [3.05, 3.63) is 42.4 Å². The van der Waals surface area contributed by atoms with Crippen molar-refractivity contribution in [3.8, 4) is 11.3 Å². The van der Waals surface area contributed by atoms with Gasteiger partial charge >= 0.3 is 6.09 Å². The first-order valence-electron chi connectivity index (χ1n) is 12.2.